The summed E-state index contributed by atoms with van der Waals surface area (Å²) in [5.41, 5.74) is 1.31. The SMILES string of the molecule is C=C1[C@H](C)[C@@H](O[Si](OC)(C(C)(C)C)C(C)(C)C)C[C@@H]1n1cnc2c(Cl)nc(NC(=O)OC(C)(C)C)nc21. The van der Waals surface area contributed by atoms with Crippen molar-refractivity contribution in [1.29, 1.82) is 0 Å². The fourth-order valence-corrected chi connectivity index (χ4v) is 10.7. The number of nitrogens with zero attached hydrogens (tertiary/aromatic N) is 4. The lowest BCUT2D eigenvalue weighted by Gasteiger charge is -2.50. The van der Waals surface area contributed by atoms with Crippen molar-refractivity contribution in [3.8, 4) is 0 Å². The maximum absolute atomic E-state index is 12.3. The number of imidazole rings is 1. The molecule has 3 rings (SSSR count). The first-order chi connectivity index (χ1) is 16.8. The van der Waals surface area contributed by atoms with E-state index in [-0.39, 0.29) is 39.2 Å². The molecule has 1 N–H and O–H groups in total. The molecule has 0 aromatic carbocycles. The van der Waals surface area contributed by atoms with Crippen molar-refractivity contribution in [3.05, 3.63) is 23.6 Å². The van der Waals surface area contributed by atoms with Gasteiger partial charge in [-0.25, -0.2) is 9.78 Å². The molecular weight excluding hydrogens is 510 g/mol. The first-order valence-electron chi connectivity index (χ1n) is 12.6. The molecule has 11 heteroatoms. The van der Waals surface area contributed by atoms with Crippen LogP contribution in [0.2, 0.25) is 15.2 Å². The van der Waals surface area contributed by atoms with Crippen molar-refractivity contribution in [3.63, 3.8) is 0 Å². The molecule has 0 aliphatic heterocycles. The molecule has 9 nitrogen and oxygen atoms in total. The molecule has 0 spiro atoms. The summed E-state index contributed by atoms with van der Waals surface area (Å²) in [5.74, 6) is 0.134. The average molecular weight is 552 g/mol. The lowest BCUT2D eigenvalue weighted by molar-refractivity contribution is 0.0634. The zero-order valence-corrected chi connectivity index (χ0v) is 25.8. The van der Waals surface area contributed by atoms with E-state index in [1.807, 2.05) is 4.57 Å². The van der Waals surface area contributed by atoms with Crippen LogP contribution in [-0.4, -0.2) is 53.0 Å². The van der Waals surface area contributed by atoms with Crippen LogP contribution in [0.5, 0.6) is 0 Å². The van der Waals surface area contributed by atoms with E-state index in [1.165, 1.54) is 0 Å². The first kappa shape index (κ1) is 29.5. The first-order valence-corrected chi connectivity index (χ1v) is 14.8. The number of hydrogen-bond acceptors (Lipinski definition) is 7. The predicted molar refractivity (Wildman–Crippen MR) is 149 cm³/mol. The summed E-state index contributed by atoms with van der Waals surface area (Å²) in [6, 6.07) is -0.117. The molecule has 2 heterocycles. The fourth-order valence-electron chi connectivity index (χ4n) is 5.47. The molecule has 1 aliphatic carbocycles. The van der Waals surface area contributed by atoms with Gasteiger partial charge in [0, 0.05) is 23.1 Å². The van der Waals surface area contributed by atoms with Gasteiger partial charge in [-0.15, -0.1) is 0 Å². The van der Waals surface area contributed by atoms with E-state index < -0.39 is 20.3 Å². The Morgan fingerprint density at radius 2 is 1.73 bits per heavy atom. The molecule has 2 aromatic rings. The number of aromatic nitrogens is 4. The van der Waals surface area contributed by atoms with E-state index in [0.717, 1.165) is 5.57 Å². The Morgan fingerprint density at radius 3 is 2.24 bits per heavy atom. The predicted octanol–water partition coefficient (Wildman–Crippen LogP) is 7.04. The van der Waals surface area contributed by atoms with Gasteiger partial charge in [0.1, 0.15) is 11.1 Å². The number of carbonyl (C=O) groups is 1. The number of halogens is 1. The number of fused-ring (bicyclic) bond motifs is 1. The van der Waals surface area contributed by atoms with E-state index >= 15 is 0 Å². The van der Waals surface area contributed by atoms with Gasteiger partial charge in [0.2, 0.25) is 5.95 Å². The molecule has 0 radical (unpaired) electrons. The van der Waals surface area contributed by atoms with E-state index in [2.05, 4.69) is 75.3 Å². The van der Waals surface area contributed by atoms with Crippen molar-refractivity contribution < 1.29 is 18.4 Å². The molecule has 1 saturated carbocycles. The van der Waals surface area contributed by atoms with Crippen molar-refractivity contribution in [2.75, 3.05) is 12.4 Å². The number of hydrogen-bond donors (Lipinski definition) is 1. The molecule has 0 bridgehead atoms. The quantitative estimate of drug-likeness (QED) is 0.241. The highest BCUT2D eigenvalue weighted by Crippen LogP contribution is 2.54. The van der Waals surface area contributed by atoms with Crippen LogP contribution in [0.1, 0.15) is 81.7 Å². The minimum Gasteiger partial charge on any atom is -0.444 e. The third kappa shape index (κ3) is 5.72. The molecule has 0 unspecified atom stereocenters. The molecule has 2 aromatic heterocycles. The van der Waals surface area contributed by atoms with Crippen LogP contribution in [0.15, 0.2) is 18.5 Å². The van der Waals surface area contributed by atoms with Crippen molar-refractivity contribution in [1.82, 2.24) is 19.5 Å². The van der Waals surface area contributed by atoms with Gasteiger partial charge in [-0.05, 0) is 32.8 Å². The zero-order chi connectivity index (χ0) is 28.1. The summed E-state index contributed by atoms with van der Waals surface area (Å²) in [6.07, 6.45) is 1.64. The molecule has 206 valence electrons. The standard InChI is InChI=1S/C26H42ClN5O4Si/c1-15-16(2)18(36-37(34-12,25(6,7)8)26(9,10)11)13-17(15)32-14-28-19-20(27)29-22(30-21(19)32)31-23(33)35-24(3,4)5/h14,16-18H,1,13H2,2-12H3,(H,29,30,31,33)/t16-,17-,18-/m0/s1. The lowest BCUT2D eigenvalue weighted by Crippen LogP contribution is -2.58. The summed E-state index contributed by atoms with van der Waals surface area (Å²) in [6.45, 7) is 25.1. The Hall–Kier alpha value is -2.01. The van der Waals surface area contributed by atoms with Gasteiger partial charge >= 0.3 is 14.7 Å². The van der Waals surface area contributed by atoms with E-state index in [9.17, 15) is 4.79 Å². The largest absolute Gasteiger partial charge is 0.444 e. The zero-order valence-electron chi connectivity index (χ0n) is 24.0. The van der Waals surface area contributed by atoms with Crippen LogP contribution in [0.3, 0.4) is 0 Å². The summed E-state index contributed by atoms with van der Waals surface area (Å²) >= 11 is 6.42. The molecule has 1 fully saturated rings. The van der Waals surface area contributed by atoms with Crippen LogP contribution in [0, 0.1) is 5.92 Å². The molecule has 0 saturated heterocycles. The third-order valence-electron chi connectivity index (χ3n) is 6.93. The number of rotatable bonds is 5. The van der Waals surface area contributed by atoms with Gasteiger partial charge in [-0.3, -0.25) is 5.32 Å². The second-order valence-electron chi connectivity index (χ2n) is 12.9. The van der Waals surface area contributed by atoms with Crippen molar-refractivity contribution in [2.45, 2.75) is 103 Å². The maximum Gasteiger partial charge on any atom is 0.414 e. The van der Waals surface area contributed by atoms with E-state index in [4.69, 9.17) is 25.2 Å². The number of anilines is 1. The Kier molecular flexibility index (Phi) is 7.94. The number of ether oxygens (including phenoxy) is 1. The van der Waals surface area contributed by atoms with Crippen LogP contribution >= 0.6 is 11.6 Å². The summed E-state index contributed by atoms with van der Waals surface area (Å²) < 4.78 is 20.6. The second-order valence-corrected chi connectivity index (χ2v) is 18.1. The van der Waals surface area contributed by atoms with Crippen LogP contribution in [0.25, 0.3) is 11.2 Å². The minimum atomic E-state index is -2.71. The maximum atomic E-state index is 12.3. The normalized spacial score (nSPS) is 21.5. The van der Waals surface area contributed by atoms with Crippen LogP contribution in [0.4, 0.5) is 10.7 Å². The smallest absolute Gasteiger partial charge is 0.414 e. The number of carbonyl (C=O) groups excluding carboxylic acids is 1. The highest BCUT2D eigenvalue weighted by atomic mass is 35.5. The fraction of sp³-hybridized carbons (Fsp3) is 0.692. The van der Waals surface area contributed by atoms with Gasteiger partial charge in [0.25, 0.3) is 0 Å². The van der Waals surface area contributed by atoms with Gasteiger partial charge in [-0.1, -0.05) is 66.6 Å². The summed E-state index contributed by atoms with van der Waals surface area (Å²) in [4.78, 5) is 25.5. The van der Waals surface area contributed by atoms with Crippen molar-refractivity contribution in [2.24, 2.45) is 5.92 Å². The van der Waals surface area contributed by atoms with E-state index in [1.54, 1.807) is 34.2 Å². The van der Waals surface area contributed by atoms with Gasteiger partial charge in [0.05, 0.1) is 18.5 Å². The summed E-state index contributed by atoms with van der Waals surface area (Å²) in [7, 11) is -0.933. The highest BCUT2D eigenvalue weighted by molar-refractivity contribution is 6.73. The lowest BCUT2D eigenvalue weighted by atomic mass is 10.0. The highest BCUT2D eigenvalue weighted by Gasteiger charge is 2.59. The Morgan fingerprint density at radius 1 is 1.14 bits per heavy atom. The third-order valence-corrected chi connectivity index (χ3v) is 12.4. The Balaban J connectivity index is 1.96. The average Bonchev–Trinajstić information content (AvgIpc) is 3.24. The van der Waals surface area contributed by atoms with Gasteiger partial charge in [0.15, 0.2) is 10.8 Å². The van der Waals surface area contributed by atoms with Crippen LogP contribution in [-0.2, 0) is 13.6 Å². The number of amides is 1. The van der Waals surface area contributed by atoms with Crippen molar-refractivity contribution >= 4 is 43.4 Å². The second kappa shape index (κ2) is 9.94. The molecule has 1 amide bonds. The monoisotopic (exact) mass is 551 g/mol. The molecule has 1 aliphatic rings. The molecule has 37 heavy (non-hydrogen) atoms. The van der Waals surface area contributed by atoms with Gasteiger partial charge < -0.3 is 18.2 Å². The summed E-state index contributed by atoms with van der Waals surface area (Å²) in [5, 5.41) is 2.42. The topological polar surface area (TPSA) is 100 Å². The van der Waals surface area contributed by atoms with E-state index in [0.29, 0.717) is 17.6 Å². The van der Waals surface area contributed by atoms with Gasteiger partial charge in [-0.2, -0.15) is 9.97 Å². The molecule has 3 atom stereocenters. The minimum absolute atomic E-state index is 0.0456. The number of nitrogens with one attached hydrogen (secondary N) is 1. The Bertz CT molecular complexity index is 1160. The molecular formula is C26H42ClN5O4Si. The van der Waals surface area contributed by atoms with Crippen LogP contribution < -0.4 is 5.32 Å². The Labute approximate surface area is 226 Å².